The minimum atomic E-state index is -3.70. The maximum Gasteiger partial charge on any atom is 0.324 e. The van der Waals surface area contributed by atoms with Crippen LogP contribution < -0.4 is 9.04 Å². The van der Waals surface area contributed by atoms with Crippen LogP contribution in [0, 0.1) is 0 Å². The largest absolute Gasteiger partial charge is 0.495 e. The molecule has 0 radical (unpaired) electrons. The lowest BCUT2D eigenvalue weighted by Crippen LogP contribution is -2.34. The molecular formula is C10H12ClNO5S. The summed E-state index contributed by atoms with van der Waals surface area (Å²) in [5.74, 6) is -0.878. The predicted octanol–water partition coefficient (Wildman–Crippen LogP) is 1.20. The van der Waals surface area contributed by atoms with Crippen LogP contribution in [0.5, 0.6) is 5.75 Å². The predicted molar refractivity (Wildman–Crippen MR) is 67.8 cm³/mol. The van der Waals surface area contributed by atoms with E-state index in [1.54, 1.807) is 0 Å². The van der Waals surface area contributed by atoms with E-state index in [4.69, 9.17) is 21.4 Å². The second-order valence-corrected chi connectivity index (χ2v) is 5.80. The Bertz CT molecular complexity index is 557. The summed E-state index contributed by atoms with van der Waals surface area (Å²) in [5.41, 5.74) is 0.172. The van der Waals surface area contributed by atoms with Gasteiger partial charge in [-0.15, -0.1) is 0 Å². The van der Waals surface area contributed by atoms with Crippen LogP contribution in [-0.2, 0) is 14.8 Å². The van der Waals surface area contributed by atoms with Gasteiger partial charge in [-0.1, -0.05) is 11.6 Å². The molecule has 0 saturated carbocycles. The van der Waals surface area contributed by atoms with Crippen molar-refractivity contribution in [1.29, 1.82) is 0 Å². The number of carbonyl (C=O) groups is 1. The van der Waals surface area contributed by atoms with Gasteiger partial charge in [-0.05, 0) is 18.2 Å². The Morgan fingerprint density at radius 3 is 2.50 bits per heavy atom. The molecule has 0 heterocycles. The Labute approximate surface area is 110 Å². The second-order valence-electron chi connectivity index (χ2n) is 3.48. The third kappa shape index (κ3) is 3.51. The van der Waals surface area contributed by atoms with Crippen molar-refractivity contribution in [2.24, 2.45) is 0 Å². The Morgan fingerprint density at radius 1 is 1.50 bits per heavy atom. The third-order valence-corrected chi connectivity index (χ3v) is 3.54. The minimum Gasteiger partial charge on any atom is -0.495 e. The molecule has 0 aliphatic heterocycles. The van der Waals surface area contributed by atoms with Crippen molar-refractivity contribution in [2.45, 2.75) is 0 Å². The minimum absolute atomic E-state index is 0.172. The molecule has 6 nitrogen and oxygen atoms in total. The number of benzene rings is 1. The number of halogens is 1. The van der Waals surface area contributed by atoms with Crippen LogP contribution in [0.3, 0.4) is 0 Å². The lowest BCUT2D eigenvalue weighted by atomic mass is 10.3. The normalized spacial score (nSPS) is 11.1. The van der Waals surface area contributed by atoms with Crippen LogP contribution in [-0.4, -0.2) is 39.4 Å². The fourth-order valence-electron chi connectivity index (χ4n) is 1.33. The highest BCUT2D eigenvalue weighted by Crippen LogP contribution is 2.29. The van der Waals surface area contributed by atoms with Gasteiger partial charge in [-0.3, -0.25) is 9.10 Å². The van der Waals surface area contributed by atoms with Gasteiger partial charge in [0.2, 0.25) is 10.0 Å². The van der Waals surface area contributed by atoms with Crippen LogP contribution in [0.1, 0.15) is 0 Å². The molecule has 0 fully saturated rings. The molecule has 0 spiro atoms. The van der Waals surface area contributed by atoms with Crippen LogP contribution in [0.4, 0.5) is 5.69 Å². The molecule has 1 aromatic carbocycles. The summed E-state index contributed by atoms with van der Waals surface area (Å²) in [6.45, 7) is -0.665. The van der Waals surface area contributed by atoms with Gasteiger partial charge in [0, 0.05) is 0 Å². The number of anilines is 1. The number of hydrogen-bond acceptors (Lipinski definition) is 4. The molecule has 8 heteroatoms. The first-order valence-electron chi connectivity index (χ1n) is 4.78. The van der Waals surface area contributed by atoms with Crippen molar-refractivity contribution < 1.29 is 23.1 Å². The van der Waals surface area contributed by atoms with E-state index in [0.717, 1.165) is 10.6 Å². The average molecular weight is 294 g/mol. The highest BCUT2D eigenvalue weighted by atomic mass is 35.5. The molecule has 100 valence electrons. The zero-order valence-corrected chi connectivity index (χ0v) is 11.3. The van der Waals surface area contributed by atoms with Crippen LogP contribution >= 0.6 is 11.6 Å². The number of rotatable bonds is 5. The van der Waals surface area contributed by atoms with Gasteiger partial charge in [0.15, 0.2) is 0 Å². The van der Waals surface area contributed by atoms with E-state index in [1.165, 1.54) is 25.3 Å². The number of carboxylic acid groups (broad SMARTS) is 1. The molecule has 0 aromatic heterocycles. The van der Waals surface area contributed by atoms with Gasteiger partial charge in [-0.25, -0.2) is 8.42 Å². The summed E-state index contributed by atoms with van der Waals surface area (Å²) in [7, 11) is -2.27. The summed E-state index contributed by atoms with van der Waals surface area (Å²) >= 11 is 5.87. The summed E-state index contributed by atoms with van der Waals surface area (Å²) in [6, 6.07) is 4.23. The number of sulfonamides is 1. The fourth-order valence-corrected chi connectivity index (χ4v) is 2.43. The highest BCUT2D eigenvalue weighted by molar-refractivity contribution is 7.92. The second kappa shape index (κ2) is 5.45. The van der Waals surface area contributed by atoms with Crippen LogP contribution in [0.25, 0.3) is 0 Å². The molecule has 0 saturated heterocycles. The lowest BCUT2D eigenvalue weighted by Gasteiger charge is -2.20. The fraction of sp³-hybridized carbons (Fsp3) is 0.300. The number of aliphatic carboxylic acids is 1. The third-order valence-electron chi connectivity index (χ3n) is 2.10. The molecule has 18 heavy (non-hydrogen) atoms. The van der Waals surface area contributed by atoms with Crippen molar-refractivity contribution in [1.82, 2.24) is 0 Å². The average Bonchev–Trinajstić information content (AvgIpc) is 2.24. The molecule has 0 bridgehead atoms. The van der Waals surface area contributed by atoms with E-state index in [1.807, 2.05) is 0 Å². The molecule has 0 unspecified atom stereocenters. The SMILES string of the molecule is COc1ccc(N(CC(=O)O)S(C)(=O)=O)cc1Cl. The summed E-state index contributed by atoms with van der Waals surface area (Å²) in [4.78, 5) is 10.7. The van der Waals surface area contributed by atoms with Gasteiger partial charge < -0.3 is 9.84 Å². The summed E-state index contributed by atoms with van der Waals surface area (Å²) < 4.78 is 28.7. The standard InChI is InChI=1S/C10H12ClNO5S/c1-17-9-4-3-7(5-8(9)11)12(6-10(13)14)18(2,15)16/h3-5H,6H2,1-2H3,(H,13,14). The van der Waals surface area contributed by atoms with Crippen LogP contribution in [0.2, 0.25) is 5.02 Å². The molecule has 1 rings (SSSR count). The zero-order valence-electron chi connectivity index (χ0n) is 9.75. The number of nitrogens with zero attached hydrogens (tertiary/aromatic N) is 1. The lowest BCUT2D eigenvalue weighted by molar-refractivity contribution is -0.135. The monoisotopic (exact) mass is 293 g/mol. The van der Waals surface area contributed by atoms with Crippen molar-refractivity contribution in [3.63, 3.8) is 0 Å². The maximum absolute atomic E-state index is 11.5. The van der Waals surface area contributed by atoms with Gasteiger partial charge >= 0.3 is 5.97 Å². The number of methoxy groups -OCH3 is 1. The Hall–Kier alpha value is -1.47. The van der Waals surface area contributed by atoms with Crippen molar-refractivity contribution in [3.05, 3.63) is 23.2 Å². The first-order chi connectivity index (χ1) is 8.25. The molecule has 0 amide bonds. The molecular weight excluding hydrogens is 282 g/mol. The molecule has 0 aliphatic carbocycles. The highest BCUT2D eigenvalue weighted by Gasteiger charge is 2.21. The van der Waals surface area contributed by atoms with E-state index in [2.05, 4.69) is 0 Å². The molecule has 1 N–H and O–H groups in total. The van der Waals surface area contributed by atoms with E-state index in [-0.39, 0.29) is 10.7 Å². The van der Waals surface area contributed by atoms with Gasteiger partial charge in [0.1, 0.15) is 12.3 Å². The van der Waals surface area contributed by atoms with Crippen molar-refractivity contribution in [2.75, 3.05) is 24.2 Å². The van der Waals surface area contributed by atoms with Gasteiger partial charge in [0.05, 0.1) is 24.1 Å². The quantitative estimate of drug-likeness (QED) is 0.882. The van der Waals surface area contributed by atoms with Crippen LogP contribution in [0.15, 0.2) is 18.2 Å². The topological polar surface area (TPSA) is 83.9 Å². The van der Waals surface area contributed by atoms with E-state index < -0.39 is 22.5 Å². The Balaban J connectivity index is 3.22. The summed E-state index contributed by atoms with van der Waals surface area (Å²) in [6.07, 6.45) is 0.925. The van der Waals surface area contributed by atoms with Gasteiger partial charge in [0.25, 0.3) is 0 Å². The van der Waals surface area contributed by atoms with E-state index >= 15 is 0 Å². The smallest absolute Gasteiger partial charge is 0.324 e. The van der Waals surface area contributed by atoms with Gasteiger partial charge in [-0.2, -0.15) is 0 Å². The number of ether oxygens (including phenoxy) is 1. The molecule has 1 aromatic rings. The Kier molecular flexibility index (Phi) is 4.42. The Morgan fingerprint density at radius 2 is 2.11 bits per heavy atom. The first-order valence-corrected chi connectivity index (χ1v) is 7.01. The maximum atomic E-state index is 11.5. The molecule has 0 atom stereocenters. The van der Waals surface area contributed by atoms with Crippen molar-refractivity contribution in [3.8, 4) is 5.75 Å². The molecule has 0 aliphatic rings. The zero-order chi connectivity index (χ0) is 13.9. The van der Waals surface area contributed by atoms with Crippen molar-refractivity contribution >= 4 is 33.3 Å². The number of hydrogen-bond donors (Lipinski definition) is 1. The van der Waals surface area contributed by atoms with E-state index in [0.29, 0.717) is 5.75 Å². The number of carboxylic acids is 1. The summed E-state index contributed by atoms with van der Waals surface area (Å²) in [5, 5.41) is 8.92. The van der Waals surface area contributed by atoms with E-state index in [9.17, 15) is 13.2 Å². The first kappa shape index (κ1) is 14.6.